The standard InChI is InChI=1S/C27H24ClN5O2S2/c28-19-11-9-17(10-12-19)13-20(15-34)30-24-23-25(31-26(29)37-23)33-27(32-24)36-16-18-5-4-8-22(14-18)35-21-6-2-1-3-7-21/h1-12,14,20,34H,13,15-16H2,(H3,29,30,31,32,33). The van der Waals surface area contributed by atoms with Crippen molar-refractivity contribution in [3.63, 3.8) is 0 Å². The van der Waals surface area contributed by atoms with Crippen LogP contribution in [0.2, 0.25) is 5.02 Å². The number of aliphatic hydroxyl groups is 1. The molecular formula is C27H24ClN5O2S2. The fraction of sp³-hybridized carbons (Fsp3) is 0.148. The summed E-state index contributed by atoms with van der Waals surface area (Å²) in [7, 11) is 0. The lowest BCUT2D eigenvalue weighted by Gasteiger charge is -2.18. The fourth-order valence-electron chi connectivity index (χ4n) is 3.71. The first-order valence-corrected chi connectivity index (χ1v) is 13.7. The molecule has 5 rings (SSSR count). The number of benzene rings is 3. The summed E-state index contributed by atoms with van der Waals surface area (Å²) >= 11 is 8.82. The normalized spacial score (nSPS) is 11.9. The van der Waals surface area contributed by atoms with Gasteiger partial charge >= 0.3 is 0 Å². The largest absolute Gasteiger partial charge is 0.457 e. The molecule has 0 aliphatic heterocycles. The SMILES string of the molecule is Nc1nc2nc(SCc3cccc(Oc4ccccc4)c3)nc(NC(CO)Cc3ccc(Cl)cc3)c2s1. The van der Waals surface area contributed by atoms with Crippen LogP contribution in [0.1, 0.15) is 11.1 Å². The van der Waals surface area contributed by atoms with Gasteiger partial charge in [-0.05, 0) is 53.9 Å². The number of ether oxygens (including phenoxy) is 1. The molecule has 0 amide bonds. The summed E-state index contributed by atoms with van der Waals surface area (Å²) in [6, 6.07) is 24.9. The fourth-order valence-corrected chi connectivity index (χ4v) is 5.35. The number of nitrogens with zero attached hydrogens (tertiary/aromatic N) is 3. The van der Waals surface area contributed by atoms with Crippen molar-refractivity contribution in [2.45, 2.75) is 23.4 Å². The van der Waals surface area contributed by atoms with E-state index in [1.807, 2.05) is 78.9 Å². The molecule has 188 valence electrons. The molecular weight excluding hydrogens is 526 g/mol. The van der Waals surface area contributed by atoms with E-state index in [-0.39, 0.29) is 12.6 Å². The second-order valence-electron chi connectivity index (χ2n) is 8.27. The Balaban J connectivity index is 1.32. The number of aliphatic hydroxyl groups excluding tert-OH is 1. The molecule has 0 saturated heterocycles. The third-order valence-electron chi connectivity index (χ3n) is 5.45. The van der Waals surface area contributed by atoms with Gasteiger partial charge in [-0.1, -0.05) is 77.2 Å². The van der Waals surface area contributed by atoms with E-state index in [0.717, 1.165) is 27.3 Å². The molecule has 2 aromatic heterocycles. The number of nitrogens with one attached hydrogen (secondary N) is 1. The van der Waals surface area contributed by atoms with Crippen LogP contribution in [0.4, 0.5) is 10.9 Å². The number of hydrogen-bond donors (Lipinski definition) is 3. The van der Waals surface area contributed by atoms with Gasteiger partial charge in [0.1, 0.15) is 16.2 Å². The molecule has 7 nitrogen and oxygen atoms in total. The van der Waals surface area contributed by atoms with Crippen molar-refractivity contribution >= 4 is 56.0 Å². The van der Waals surface area contributed by atoms with Crippen LogP contribution >= 0.6 is 34.7 Å². The topological polar surface area (TPSA) is 106 Å². The first kappa shape index (κ1) is 25.3. The molecule has 0 aliphatic carbocycles. The first-order valence-electron chi connectivity index (χ1n) is 11.6. The van der Waals surface area contributed by atoms with Crippen molar-refractivity contribution in [1.29, 1.82) is 0 Å². The van der Waals surface area contributed by atoms with E-state index in [4.69, 9.17) is 27.1 Å². The highest BCUT2D eigenvalue weighted by Gasteiger charge is 2.17. The number of thiazole rings is 1. The average Bonchev–Trinajstić information content (AvgIpc) is 3.29. The number of hydrogen-bond acceptors (Lipinski definition) is 9. The summed E-state index contributed by atoms with van der Waals surface area (Å²) in [5, 5.41) is 15.1. The van der Waals surface area contributed by atoms with Gasteiger partial charge in [-0.2, -0.15) is 0 Å². The van der Waals surface area contributed by atoms with Crippen molar-refractivity contribution in [3.8, 4) is 11.5 Å². The monoisotopic (exact) mass is 549 g/mol. The van der Waals surface area contributed by atoms with Crippen molar-refractivity contribution < 1.29 is 9.84 Å². The van der Waals surface area contributed by atoms with Gasteiger partial charge in [0.15, 0.2) is 21.8 Å². The molecule has 37 heavy (non-hydrogen) atoms. The molecule has 0 radical (unpaired) electrons. The number of nitrogens with two attached hydrogens (primary N) is 1. The van der Waals surface area contributed by atoms with Crippen molar-refractivity contribution in [3.05, 3.63) is 95.0 Å². The highest BCUT2D eigenvalue weighted by molar-refractivity contribution is 7.98. The maximum Gasteiger partial charge on any atom is 0.191 e. The Morgan fingerprint density at radius 3 is 2.51 bits per heavy atom. The summed E-state index contributed by atoms with van der Waals surface area (Å²) in [6.07, 6.45) is 0.601. The molecule has 3 aromatic carbocycles. The third-order valence-corrected chi connectivity index (χ3v) is 7.50. The van der Waals surface area contributed by atoms with Crippen LogP contribution in [0.15, 0.2) is 84.0 Å². The molecule has 5 aromatic rings. The Morgan fingerprint density at radius 2 is 1.73 bits per heavy atom. The summed E-state index contributed by atoms with van der Waals surface area (Å²) in [5.74, 6) is 2.80. The van der Waals surface area contributed by atoms with Crippen molar-refractivity contribution in [2.24, 2.45) is 0 Å². The van der Waals surface area contributed by atoms with Gasteiger partial charge in [-0.25, -0.2) is 15.0 Å². The number of anilines is 2. The summed E-state index contributed by atoms with van der Waals surface area (Å²) < 4.78 is 6.72. The zero-order valence-corrected chi connectivity index (χ0v) is 22.1. The highest BCUT2D eigenvalue weighted by Crippen LogP contribution is 2.32. The summed E-state index contributed by atoms with van der Waals surface area (Å²) in [4.78, 5) is 13.7. The Bertz CT molecular complexity index is 1480. The van der Waals surface area contributed by atoms with E-state index >= 15 is 0 Å². The number of fused-ring (bicyclic) bond motifs is 1. The van der Waals surface area contributed by atoms with E-state index in [9.17, 15) is 5.11 Å². The second kappa shape index (κ2) is 11.8. The Morgan fingerprint density at radius 1 is 0.946 bits per heavy atom. The second-order valence-corrected chi connectivity index (χ2v) is 10.7. The van der Waals surface area contributed by atoms with Gasteiger partial charge in [-0.15, -0.1) is 0 Å². The number of thioether (sulfide) groups is 1. The minimum atomic E-state index is -0.257. The molecule has 1 atom stereocenters. The van der Waals surface area contributed by atoms with Gasteiger partial charge in [0.25, 0.3) is 0 Å². The maximum atomic E-state index is 10.0. The molecule has 1 unspecified atom stereocenters. The molecule has 0 fully saturated rings. The quantitative estimate of drug-likeness (QED) is 0.135. The Hall–Kier alpha value is -3.37. The number of halogens is 1. The predicted molar refractivity (Wildman–Crippen MR) is 152 cm³/mol. The predicted octanol–water partition coefficient (Wildman–Crippen LogP) is 6.42. The smallest absolute Gasteiger partial charge is 0.191 e. The highest BCUT2D eigenvalue weighted by atomic mass is 35.5. The van der Waals surface area contributed by atoms with Crippen LogP contribution < -0.4 is 15.8 Å². The zero-order chi connectivity index (χ0) is 25.6. The summed E-state index contributed by atoms with van der Waals surface area (Å²) in [6.45, 7) is -0.0703. The number of aromatic nitrogens is 3. The molecule has 0 saturated carbocycles. The molecule has 0 bridgehead atoms. The van der Waals surface area contributed by atoms with Gasteiger partial charge in [-0.3, -0.25) is 0 Å². The zero-order valence-electron chi connectivity index (χ0n) is 19.7. The number of para-hydroxylation sites is 1. The van der Waals surface area contributed by atoms with Crippen LogP contribution in [0.25, 0.3) is 10.3 Å². The van der Waals surface area contributed by atoms with Crippen LogP contribution in [0.3, 0.4) is 0 Å². The first-order chi connectivity index (χ1) is 18.1. The third kappa shape index (κ3) is 6.69. The lowest BCUT2D eigenvalue weighted by Crippen LogP contribution is -2.27. The lowest BCUT2D eigenvalue weighted by molar-refractivity contribution is 0.273. The lowest BCUT2D eigenvalue weighted by atomic mass is 10.1. The Labute approximate surface area is 227 Å². The van der Waals surface area contributed by atoms with E-state index in [1.165, 1.54) is 23.1 Å². The molecule has 0 spiro atoms. The van der Waals surface area contributed by atoms with Crippen molar-refractivity contribution in [1.82, 2.24) is 15.0 Å². The van der Waals surface area contributed by atoms with Gasteiger partial charge < -0.3 is 20.9 Å². The van der Waals surface area contributed by atoms with Gasteiger partial charge in [0.05, 0.1) is 12.6 Å². The Kier molecular flexibility index (Phi) is 8.05. The van der Waals surface area contributed by atoms with Crippen LogP contribution in [-0.4, -0.2) is 32.7 Å². The van der Waals surface area contributed by atoms with Crippen molar-refractivity contribution in [2.75, 3.05) is 17.7 Å². The minimum Gasteiger partial charge on any atom is -0.457 e. The molecule has 4 N–H and O–H groups in total. The van der Waals surface area contributed by atoms with E-state index in [1.54, 1.807) is 0 Å². The number of rotatable bonds is 10. The molecule has 10 heteroatoms. The molecule has 0 aliphatic rings. The van der Waals surface area contributed by atoms with Crippen LogP contribution in [0.5, 0.6) is 11.5 Å². The number of nitrogen functional groups attached to an aromatic ring is 1. The van der Waals surface area contributed by atoms with E-state index in [0.29, 0.717) is 38.9 Å². The van der Waals surface area contributed by atoms with Gasteiger partial charge in [0.2, 0.25) is 0 Å². The average molecular weight is 550 g/mol. The van der Waals surface area contributed by atoms with E-state index in [2.05, 4.69) is 15.3 Å². The molecule has 2 heterocycles. The van der Waals surface area contributed by atoms with Crippen LogP contribution in [0, 0.1) is 0 Å². The van der Waals surface area contributed by atoms with E-state index < -0.39 is 0 Å². The van der Waals surface area contributed by atoms with Gasteiger partial charge in [0, 0.05) is 10.8 Å². The maximum absolute atomic E-state index is 10.0. The summed E-state index contributed by atoms with van der Waals surface area (Å²) in [5.41, 5.74) is 8.65. The van der Waals surface area contributed by atoms with Crippen LogP contribution in [-0.2, 0) is 12.2 Å². The minimum absolute atomic E-state index is 0.0703.